The number of imidazole rings is 1. The second-order valence-electron chi connectivity index (χ2n) is 4.00. The molecule has 1 heterocycles. The fourth-order valence-corrected chi connectivity index (χ4v) is 2.19. The Kier molecular flexibility index (Phi) is 5.52. The van der Waals surface area contributed by atoms with Gasteiger partial charge in [0.1, 0.15) is 0 Å². The van der Waals surface area contributed by atoms with Gasteiger partial charge in [0.05, 0.1) is 0 Å². The summed E-state index contributed by atoms with van der Waals surface area (Å²) in [6.07, 6.45) is 7.52. The SMILES string of the molecule is CCCNc1nccn1C(C)CCS(C)=O. The predicted octanol–water partition coefficient (Wildman–Crippen LogP) is 2.03. The summed E-state index contributed by atoms with van der Waals surface area (Å²) < 4.78 is 13.2. The first-order valence-corrected chi connectivity index (χ1v) is 7.44. The zero-order valence-corrected chi connectivity index (χ0v) is 11.1. The van der Waals surface area contributed by atoms with E-state index >= 15 is 0 Å². The van der Waals surface area contributed by atoms with Crippen LogP contribution in [0.3, 0.4) is 0 Å². The molecule has 0 aromatic carbocycles. The molecule has 0 saturated heterocycles. The molecule has 2 unspecified atom stereocenters. The van der Waals surface area contributed by atoms with E-state index in [-0.39, 0.29) is 0 Å². The van der Waals surface area contributed by atoms with Crippen LogP contribution in [0.1, 0.15) is 32.7 Å². The van der Waals surface area contributed by atoms with Crippen molar-refractivity contribution in [2.45, 2.75) is 32.7 Å². The molecule has 0 fully saturated rings. The molecular formula is C11H21N3OS. The van der Waals surface area contributed by atoms with Crippen molar-refractivity contribution in [1.29, 1.82) is 0 Å². The third-order valence-corrected chi connectivity index (χ3v) is 3.31. The van der Waals surface area contributed by atoms with Gasteiger partial charge in [-0.05, 0) is 19.8 Å². The fraction of sp³-hybridized carbons (Fsp3) is 0.727. The van der Waals surface area contributed by atoms with Crippen molar-refractivity contribution in [2.24, 2.45) is 0 Å². The zero-order chi connectivity index (χ0) is 12.0. The van der Waals surface area contributed by atoms with Crippen LogP contribution < -0.4 is 5.32 Å². The molecule has 0 saturated carbocycles. The van der Waals surface area contributed by atoms with Crippen LogP contribution in [0.5, 0.6) is 0 Å². The monoisotopic (exact) mass is 243 g/mol. The molecule has 0 aliphatic carbocycles. The number of rotatable bonds is 7. The first-order chi connectivity index (χ1) is 7.65. The Morgan fingerprint density at radius 1 is 1.62 bits per heavy atom. The maximum Gasteiger partial charge on any atom is 0.203 e. The van der Waals surface area contributed by atoms with Gasteiger partial charge in [-0.2, -0.15) is 0 Å². The first-order valence-electron chi connectivity index (χ1n) is 5.71. The number of hydrogen-bond acceptors (Lipinski definition) is 3. The van der Waals surface area contributed by atoms with E-state index in [2.05, 4.69) is 28.7 Å². The average molecular weight is 243 g/mol. The number of hydrogen-bond donors (Lipinski definition) is 1. The van der Waals surface area contributed by atoms with E-state index in [1.165, 1.54) is 0 Å². The smallest absolute Gasteiger partial charge is 0.203 e. The molecule has 2 atom stereocenters. The molecule has 0 radical (unpaired) electrons. The van der Waals surface area contributed by atoms with Crippen molar-refractivity contribution in [3.05, 3.63) is 12.4 Å². The van der Waals surface area contributed by atoms with Crippen LogP contribution in [-0.4, -0.2) is 32.3 Å². The van der Waals surface area contributed by atoms with E-state index in [9.17, 15) is 4.21 Å². The Morgan fingerprint density at radius 2 is 2.38 bits per heavy atom. The van der Waals surface area contributed by atoms with E-state index in [4.69, 9.17) is 0 Å². The lowest BCUT2D eigenvalue weighted by Gasteiger charge is -2.16. The minimum atomic E-state index is -0.714. The molecule has 0 aliphatic heterocycles. The standard InChI is InChI=1S/C11H21N3OS/c1-4-6-12-11-13-7-8-14(11)10(2)5-9-16(3)15/h7-8,10H,4-6,9H2,1-3H3,(H,12,13). The van der Waals surface area contributed by atoms with Gasteiger partial charge in [-0.3, -0.25) is 4.21 Å². The normalized spacial score (nSPS) is 14.7. The van der Waals surface area contributed by atoms with E-state index in [1.54, 1.807) is 12.5 Å². The van der Waals surface area contributed by atoms with E-state index < -0.39 is 10.8 Å². The third kappa shape index (κ3) is 3.96. The minimum absolute atomic E-state index is 0.339. The van der Waals surface area contributed by atoms with E-state index in [0.717, 1.165) is 31.1 Å². The minimum Gasteiger partial charge on any atom is -0.356 e. The highest BCUT2D eigenvalue weighted by atomic mass is 32.2. The molecule has 1 aromatic rings. The molecular weight excluding hydrogens is 222 g/mol. The second-order valence-corrected chi connectivity index (χ2v) is 5.55. The molecule has 0 spiro atoms. The van der Waals surface area contributed by atoms with E-state index in [0.29, 0.717) is 6.04 Å². The summed E-state index contributed by atoms with van der Waals surface area (Å²) in [5, 5.41) is 3.29. The molecule has 4 nitrogen and oxygen atoms in total. The summed E-state index contributed by atoms with van der Waals surface area (Å²) in [5.74, 6) is 1.66. The summed E-state index contributed by atoms with van der Waals surface area (Å²) in [5.41, 5.74) is 0. The van der Waals surface area contributed by atoms with Crippen molar-refractivity contribution in [3.8, 4) is 0 Å². The highest BCUT2D eigenvalue weighted by Crippen LogP contribution is 2.16. The number of nitrogens with zero attached hydrogens (tertiary/aromatic N) is 2. The highest BCUT2D eigenvalue weighted by Gasteiger charge is 2.09. The quantitative estimate of drug-likeness (QED) is 0.797. The lowest BCUT2D eigenvalue weighted by Crippen LogP contribution is -2.13. The van der Waals surface area contributed by atoms with Crippen LogP contribution in [0.25, 0.3) is 0 Å². The van der Waals surface area contributed by atoms with Crippen LogP contribution in [-0.2, 0) is 10.8 Å². The van der Waals surface area contributed by atoms with Gasteiger partial charge in [0, 0.05) is 47.8 Å². The maximum atomic E-state index is 11.0. The topological polar surface area (TPSA) is 46.9 Å². The van der Waals surface area contributed by atoms with Crippen molar-refractivity contribution in [2.75, 3.05) is 23.9 Å². The zero-order valence-electron chi connectivity index (χ0n) is 10.3. The Morgan fingerprint density at radius 3 is 3.00 bits per heavy atom. The Bertz CT molecular complexity index is 338. The van der Waals surface area contributed by atoms with Crippen molar-refractivity contribution in [1.82, 2.24) is 9.55 Å². The van der Waals surface area contributed by atoms with Crippen LogP contribution >= 0.6 is 0 Å². The third-order valence-electron chi connectivity index (χ3n) is 2.50. The van der Waals surface area contributed by atoms with Crippen LogP contribution in [0, 0.1) is 0 Å². The average Bonchev–Trinajstić information content (AvgIpc) is 2.71. The van der Waals surface area contributed by atoms with Crippen molar-refractivity contribution in [3.63, 3.8) is 0 Å². The molecule has 0 aliphatic rings. The molecule has 1 aromatic heterocycles. The van der Waals surface area contributed by atoms with Gasteiger partial charge in [-0.1, -0.05) is 6.92 Å². The summed E-state index contributed by atoms with van der Waals surface area (Å²) in [6, 6.07) is 0.339. The molecule has 92 valence electrons. The molecule has 0 amide bonds. The van der Waals surface area contributed by atoms with Crippen molar-refractivity contribution < 1.29 is 4.21 Å². The van der Waals surface area contributed by atoms with E-state index in [1.807, 2.05) is 6.20 Å². The van der Waals surface area contributed by atoms with Gasteiger partial charge in [0.15, 0.2) is 0 Å². The fourth-order valence-electron chi connectivity index (χ4n) is 1.52. The summed E-state index contributed by atoms with van der Waals surface area (Å²) in [4.78, 5) is 4.28. The molecule has 16 heavy (non-hydrogen) atoms. The molecule has 0 bridgehead atoms. The summed E-state index contributed by atoms with van der Waals surface area (Å²) in [7, 11) is -0.714. The highest BCUT2D eigenvalue weighted by molar-refractivity contribution is 7.84. The summed E-state index contributed by atoms with van der Waals surface area (Å²) >= 11 is 0. The number of nitrogens with one attached hydrogen (secondary N) is 1. The van der Waals surface area contributed by atoms with Crippen LogP contribution in [0.15, 0.2) is 12.4 Å². The van der Waals surface area contributed by atoms with Crippen molar-refractivity contribution >= 4 is 16.7 Å². The van der Waals surface area contributed by atoms with Gasteiger partial charge in [-0.15, -0.1) is 0 Å². The second kappa shape index (κ2) is 6.68. The molecule has 1 rings (SSSR count). The van der Waals surface area contributed by atoms with Crippen LogP contribution in [0.4, 0.5) is 5.95 Å². The van der Waals surface area contributed by atoms with Gasteiger partial charge in [0.2, 0.25) is 5.95 Å². The number of anilines is 1. The largest absolute Gasteiger partial charge is 0.356 e. The van der Waals surface area contributed by atoms with Gasteiger partial charge in [-0.25, -0.2) is 4.98 Å². The van der Waals surface area contributed by atoms with Gasteiger partial charge < -0.3 is 9.88 Å². The Hall–Kier alpha value is -0.840. The van der Waals surface area contributed by atoms with Gasteiger partial charge >= 0.3 is 0 Å². The lowest BCUT2D eigenvalue weighted by molar-refractivity contribution is 0.536. The Labute approximate surface area is 99.9 Å². The molecule has 5 heteroatoms. The Balaban J connectivity index is 2.56. The van der Waals surface area contributed by atoms with Crippen LogP contribution in [0.2, 0.25) is 0 Å². The first kappa shape index (κ1) is 13.2. The maximum absolute atomic E-state index is 11.0. The predicted molar refractivity (Wildman–Crippen MR) is 69.3 cm³/mol. The number of aromatic nitrogens is 2. The summed E-state index contributed by atoms with van der Waals surface area (Å²) in [6.45, 7) is 5.19. The molecule has 1 N–H and O–H groups in total. The lowest BCUT2D eigenvalue weighted by atomic mass is 10.2. The van der Waals surface area contributed by atoms with Gasteiger partial charge in [0.25, 0.3) is 0 Å².